The molecule has 0 saturated carbocycles. The number of aryl methyl sites for hydroxylation is 2. The molecule has 1 N–H and O–H groups in total. The summed E-state index contributed by atoms with van der Waals surface area (Å²) >= 11 is 8.26. The molecule has 27 heavy (non-hydrogen) atoms. The molecule has 1 aliphatic heterocycles. The van der Waals surface area contributed by atoms with Gasteiger partial charge in [0.1, 0.15) is 16.9 Å². The van der Waals surface area contributed by atoms with Crippen molar-refractivity contribution in [3.05, 3.63) is 63.0 Å². The van der Waals surface area contributed by atoms with E-state index in [4.69, 9.17) is 21.7 Å². The van der Waals surface area contributed by atoms with E-state index in [0.717, 1.165) is 52.8 Å². The Kier molecular flexibility index (Phi) is 5.12. The van der Waals surface area contributed by atoms with Gasteiger partial charge in [-0.2, -0.15) is 0 Å². The van der Waals surface area contributed by atoms with Crippen molar-refractivity contribution in [1.29, 1.82) is 0 Å². The maximum absolute atomic E-state index is 9.08. The zero-order chi connectivity index (χ0) is 19.0. The van der Waals surface area contributed by atoms with Gasteiger partial charge in [-0.15, -0.1) is 21.5 Å². The number of fused-ring (bicyclic) bond motifs is 3. The molecule has 1 aliphatic rings. The number of benzene rings is 1. The summed E-state index contributed by atoms with van der Waals surface area (Å²) in [4.78, 5) is 6.25. The van der Waals surface area contributed by atoms with Crippen LogP contribution in [0.3, 0.4) is 0 Å². The number of thiophene rings is 1. The molecule has 0 aliphatic carbocycles. The minimum absolute atomic E-state index is 0.116. The Bertz CT molecular complexity index is 1010. The van der Waals surface area contributed by atoms with Gasteiger partial charge in [0.2, 0.25) is 0 Å². The fourth-order valence-electron chi connectivity index (χ4n) is 3.39. The van der Waals surface area contributed by atoms with Crippen LogP contribution >= 0.6 is 22.9 Å². The molecule has 0 bridgehead atoms. The lowest BCUT2D eigenvalue weighted by molar-refractivity contribution is 0.285. The number of hydrogen-bond donors (Lipinski definition) is 1. The number of nitrogens with zero attached hydrogens (tertiary/aromatic N) is 4. The van der Waals surface area contributed by atoms with Crippen molar-refractivity contribution in [1.82, 2.24) is 14.8 Å². The summed E-state index contributed by atoms with van der Waals surface area (Å²) in [5, 5.41) is 19.5. The van der Waals surface area contributed by atoms with Crippen LogP contribution in [0.4, 0.5) is 0 Å². The number of unbranched alkanes of at least 4 members (excludes halogenated alkanes) is 1. The number of aliphatic hydroxyl groups is 1. The van der Waals surface area contributed by atoms with Crippen LogP contribution < -0.4 is 0 Å². The molecule has 3 heterocycles. The molecule has 140 valence electrons. The average molecular weight is 401 g/mol. The summed E-state index contributed by atoms with van der Waals surface area (Å²) in [5.74, 6) is 1.71. The van der Waals surface area contributed by atoms with Gasteiger partial charge in [0.05, 0.1) is 5.71 Å². The smallest absolute Gasteiger partial charge is 0.162 e. The predicted molar refractivity (Wildman–Crippen MR) is 110 cm³/mol. The molecule has 1 atom stereocenters. The third-order valence-corrected chi connectivity index (χ3v) is 6.24. The number of halogens is 1. The lowest BCUT2D eigenvalue weighted by Crippen LogP contribution is -2.05. The van der Waals surface area contributed by atoms with E-state index in [2.05, 4.69) is 20.8 Å². The molecule has 0 fully saturated rings. The van der Waals surface area contributed by atoms with Crippen LogP contribution in [0, 0.1) is 6.92 Å². The first-order valence-corrected chi connectivity index (χ1v) is 10.3. The van der Waals surface area contributed by atoms with E-state index in [1.54, 1.807) is 11.3 Å². The lowest BCUT2D eigenvalue weighted by atomic mass is 10.0. The van der Waals surface area contributed by atoms with Gasteiger partial charge >= 0.3 is 0 Å². The normalized spacial score (nSPS) is 15.9. The number of aliphatic imine (C=N–C) groups is 1. The predicted octanol–water partition coefficient (Wildman–Crippen LogP) is 4.52. The van der Waals surface area contributed by atoms with Crippen molar-refractivity contribution >= 4 is 28.6 Å². The molecule has 0 radical (unpaired) electrons. The topological polar surface area (TPSA) is 63.3 Å². The first-order chi connectivity index (χ1) is 13.1. The summed E-state index contributed by atoms with van der Waals surface area (Å²) in [6, 6.07) is 9.92. The van der Waals surface area contributed by atoms with Crippen molar-refractivity contribution in [2.45, 2.75) is 39.2 Å². The van der Waals surface area contributed by atoms with Gasteiger partial charge in [0.25, 0.3) is 0 Å². The molecular weight excluding hydrogens is 380 g/mol. The average Bonchev–Trinajstić information content (AvgIpc) is 3.21. The van der Waals surface area contributed by atoms with E-state index in [0.29, 0.717) is 5.02 Å². The maximum atomic E-state index is 9.08. The van der Waals surface area contributed by atoms with Gasteiger partial charge < -0.3 is 5.11 Å². The molecule has 4 rings (SSSR count). The minimum Gasteiger partial charge on any atom is -0.396 e. The van der Waals surface area contributed by atoms with Crippen LogP contribution in [-0.2, 0) is 6.42 Å². The summed E-state index contributed by atoms with van der Waals surface area (Å²) < 4.78 is 2.12. The molecule has 0 spiro atoms. The maximum Gasteiger partial charge on any atom is 0.162 e. The van der Waals surface area contributed by atoms with Gasteiger partial charge in [0, 0.05) is 27.6 Å². The van der Waals surface area contributed by atoms with E-state index >= 15 is 0 Å². The van der Waals surface area contributed by atoms with Crippen molar-refractivity contribution < 1.29 is 5.11 Å². The molecule has 2 aromatic heterocycles. The van der Waals surface area contributed by atoms with Crippen molar-refractivity contribution in [2.75, 3.05) is 6.61 Å². The second-order valence-electron chi connectivity index (χ2n) is 6.69. The summed E-state index contributed by atoms with van der Waals surface area (Å²) in [7, 11) is 0. The largest absolute Gasteiger partial charge is 0.396 e. The Labute approximate surface area is 167 Å². The first-order valence-electron chi connectivity index (χ1n) is 9.09. The molecule has 1 unspecified atom stereocenters. The Morgan fingerprint density at radius 2 is 2.00 bits per heavy atom. The van der Waals surface area contributed by atoms with E-state index in [-0.39, 0.29) is 12.6 Å². The number of aliphatic hydroxyl groups excluding tert-OH is 1. The van der Waals surface area contributed by atoms with E-state index in [1.165, 1.54) is 4.88 Å². The summed E-state index contributed by atoms with van der Waals surface area (Å²) in [5.41, 5.74) is 2.90. The summed E-state index contributed by atoms with van der Waals surface area (Å²) in [6.45, 7) is 4.23. The lowest BCUT2D eigenvalue weighted by Gasteiger charge is -2.09. The van der Waals surface area contributed by atoms with Crippen molar-refractivity contribution in [3.8, 4) is 5.00 Å². The van der Waals surface area contributed by atoms with E-state index in [1.807, 2.05) is 38.1 Å². The van der Waals surface area contributed by atoms with Crippen LogP contribution in [-0.4, -0.2) is 32.2 Å². The zero-order valence-corrected chi connectivity index (χ0v) is 16.9. The molecule has 7 heteroatoms. The first kappa shape index (κ1) is 18.3. The Balaban J connectivity index is 1.89. The number of hydrogen-bond acceptors (Lipinski definition) is 5. The van der Waals surface area contributed by atoms with Crippen molar-refractivity contribution in [2.24, 2.45) is 4.99 Å². The molecule has 5 nitrogen and oxygen atoms in total. The second-order valence-corrected chi connectivity index (χ2v) is 8.21. The van der Waals surface area contributed by atoms with Crippen LogP contribution in [0.2, 0.25) is 5.02 Å². The Morgan fingerprint density at radius 3 is 2.78 bits per heavy atom. The van der Waals surface area contributed by atoms with E-state index in [9.17, 15) is 0 Å². The van der Waals surface area contributed by atoms with Crippen LogP contribution in [0.25, 0.3) is 5.00 Å². The summed E-state index contributed by atoms with van der Waals surface area (Å²) in [6.07, 6.45) is 2.70. The van der Waals surface area contributed by atoms with Crippen LogP contribution in [0.5, 0.6) is 0 Å². The third kappa shape index (κ3) is 3.33. The number of rotatable bonds is 5. The van der Waals surface area contributed by atoms with Gasteiger partial charge in [-0.3, -0.25) is 9.56 Å². The van der Waals surface area contributed by atoms with E-state index < -0.39 is 0 Å². The van der Waals surface area contributed by atoms with Gasteiger partial charge in [-0.25, -0.2) is 0 Å². The fraction of sp³-hybridized carbons (Fsp3) is 0.350. The molecular formula is C20H21ClN4OS. The number of aromatic nitrogens is 3. The molecule has 1 aromatic carbocycles. The Hall–Kier alpha value is -2.02. The SMILES string of the molecule is Cc1nnc2n1-c1sc(CCCCO)cc1C(c1ccccc1Cl)=NC2C. The van der Waals surface area contributed by atoms with Crippen molar-refractivity contribution in [3.63, 3.8) is 0 Å². The third-order valence-electron chi connectivity index (χ3n) is 4.73. The monoisotopic (exact) mass is 400 g/mol. The zero-order valence-electron chi connectivity index (χ0n) is 15.3. The van der Waals surface area contributed by atoms with Gasteiger partial charge in [0.15, 0.2) is 5.82 Å². The molecule has 0 saturated heterocycles. The highest BCUT2D eigenvalue weighted by atomic mass is 35.5. The highest BCUT2D eigenvalue weighted by Crippen LogP contribution is 2.37. The highest BCUT2D eigenvalue weighted by Gasteiger charge is 2.28. The fourth-order valence-corrected chi connectivity index (χ4v) is 4.87. The highest BCUT2D eigenvalue weighted by molar-refractivity contribution is 7.15. The quantitative estimate of drug-likeness (QED) is 0.640. The Morgan fingerprint density at radius 1 is 1.19 bits per heavy atom. The minimum atomic E-state index is -0.116. The standard InChI is InChI=1S/C20H21ClN4OS/c1-12-19-24-23-13(2)25(19)20-16(11-14(27-20)7-5-6-10-26)18(22-12)15-8-3-4-9-17(15)21/h3-4,8-9,11-12,26H,5-7,10H2,1-2H3. The van der Waals surface area contributed by atoms with Crippen LogP contribution in [0.15, 0.2) is 35.3 Å². The van der Waals surface area contributed by atoms with Crippen LogP contribution in [0.1, 0.15) is 53.5 Å². The van der Waals surface area contributed by atoms with Gasteiger partial charge in [-0.05, 0) is 45.2 Å². The second kappa shape index (κ2) is 7.54. The van der Waals surface area contributed by atoms with Gasteiger partial charge in [-0.1, -0.05) is 29.8 Å². The molecule has 0 amide bonds. The molecule has 3 aromatic rings.